The van der Waals surface area contributed by atoms with Crippen molar-refractivity contribution >= 4 is 27.3 Å². The van der Waals surface area contributed by atoms with Crippen LogP contribution in [-0.2, 0) is 25.5 Å². The van der Waals surface area contributed by atoms with Crippen molar-refractivity contribution in [2.24, 2.45) is 0 Å². The molecule has 0 atom stereocenters. The largest absolute Gasteiger partial charge is 0.296 e. The highest BCUT2D eigenvalue weighted by Crippen LogP contribution is 2.44. The summed E-state index contributed by atoms with van der Waals surface area (Å²) < 4.78 is 79.4. The van der Waals surface area contributed by atoms with Crippen LogP contribution in [0.25, 0.3) is 94.3 Å². The fourth-order valence-corrected chi connectivity index (χ4v) is 9.16. The van der Waals surface area contributed by atoms with Crippen LogP contribution in [0, 0.1) is 0 Å². The lowest BCUT2D eigenvalue weighted by atomic mass is 9.87. The summed E-state index contributed by atoms with van der Waals surface area (Å²) in [6, 6.07) is 63.8. The molecule has 0 aliphatic heterocycles. The lowest BCUT2D eigenvalue weighted by Crippen LogP contribution is -2.00. The highest BCUT2D eigenvalue weighted by Gasteiger charge is 2.21. The topological polar surface area (TPSA) is 56.0 Å². The molecular formula is C64H47N5. The van der Waals surface area contributed by atoms with Crippen LogP contribution in [0.3, 0.4) is 0 Å². The van der Waals surface area contributed by atoms with E-state index in [9.17, 15) is 11.0 Å². The normalized spacial score (nSPS) is 14.0. The first-order valence-corrected chi connectivity index (χ1v) is 22.8. The minimum atomic E-state index is -2.84. The zero-order valence-corrected chi connectivity index (χ0v) is 37.3. The van der Waals surface area contributed by atoms with Crippen LogP contribution in [0.1, 0.15) is 33.2 Å². The number of nitrogens with zero attached hydrogens (tertiary/aromatic N) is 5. The van der Waals surface area contributed by atoms with Crippen molar-refractivity contribution in [1.29, 1.82) is 0 Å². The molecule has 5 heterocycles. The molecule has 0 spiro atoms. The predicted molar refractivity (Wildman–Crippen MR) is 284 cm³/mol. The van der Waals surface area contributed by atoms with Gasteiger partial charge in [-0.05, 0) is 93.3 Å². The molecule has 69 heavy (non-hydrogen) atoms. The second-order valence-corrected chi connectivity index (χ2v) is 16.8. The number of aryl methyl sites for hydroxylation is 4. The molecule has 0 radical (unpaired) electrons. The smallest absolute Gasteiger partial charge is 0.0998 e. The number of benzene rings is 7. The summed E-state index contributed by atoms with van der Waals surface area (Å²) in [5, 5.41) is 1.93. The number of hydrogen-bond acceptors (Lipinski definition) is 4. The summed E-state index contributed by atoms with van der Waals surface area (Å²) in [5.41, 5.74) is 10.9. The Labute approximate surface area is 413 Å². The van der Waals surface area contributed by atoms with E-state index in [0.29, 0.717) is 33.6 Å². The van der Waals surface area contributed by atoms with E-state index in [0.717, 1.165) is 60.7 Å². The summed E-state index contributed by atoms with van der Waals surface area (Å²) in [6.45, 7) is 0. The van der Waals surface area contributed by atoms with Gasteiger partial charge in [-0.25, -0.2) is 4.98 Å². The van der Waals surface area contributed by atoms with Crippen molar-refractivity contribution in [3.8, 4) is 67.0 Å². The Balaban J connectivity index is 1.06. The molecular weight excluding hydrogens is 839 g/mol. The average molecular weight is 894 g/mol. The number of aromatic nitrogens is 5. The van der Waals surface area contributed by atoms with Crippen LogP contribution in [-0.4, -0.2) is 24.3 Å². The van der Waals surface area contributed by atoms with Crippen LogP contribution in [0.5, 0.6) is 0 Å². The Morgan fingerprint density at radius 2 is 0.870 bits per heavy atom. The van der Waals surface area contributed by atoms with Crippen LogP contribution >= 0.6 is 0 Å². The maximum absolute atomic E-state index is 9.79. The Bertz CT molecular complexity index is 4010. The zero-order valence-electron chi connectivity index (χ0n) is 45.3. The molecule has 0 saturated heterocycles. The van der Waals surface area contributed by atoms with Crippen molar-refractivity contribution < 1.29 is 11.0 Å². The molecule has 0 amide bonds. The summed E-state index contributed by atoms with van der Waals surface area (Å²) in [4.78, 5) is 19.0. The van der Waals surface area contributed by atoms with E-state index in [2.05, 4.69) is 67.9 Å². The van der Waals surface area contributed by atoms with Crippen LogP contribution in [0.2, 0.25) is 0 Å². The molecule has 0 aliphatic rings. The second-order valence-electron chi connectivity index (χ2n) is 16.8. The Morgan fingerprint density at radius 3 is 1.46 bits per heavy atom. The Hall–Kier alpha value is -8.80. The average Bonchev–Trinajstić information content (AvgIpc) is 4.10. The van der Waals surface area contributed by atoms with Gasteiger partial charge < -0.3 is 0 Å². The number of hydrogen-bond donors (Lipinski definition) is 0. The third-order valence-corrected chi connectivity index (χ3v) is 12.5. The number of fused-ring (bicyclic) bond motifs is 6. The summed E-state index contributed by atoms with van der Waals surface area (Å²) in [7, 11) is 0. The monoisotopic (exact) mass is 893 g/mol. The number of rotatable bonds is 12. The molecule has 5 heteroatoms. The Kier molecular flexibility index (Phi) is 9.00. The minimum Gasteiger partial charge on any atom is -0.296 e. The highest BCUT2D eigenvalue weighted by molar-refractivity contribution is 6.16. The van der Waals surface area contributed by atoms with E-state index in [-0.39, 0.29) is 22.3 Å². The van der Waals surface area contributed by atoms with Gasteiger partial charge in [0, 0.05) is 62.6 Å². The molecule has 0 N–H and O–H groups in total. The van der Waals surface area contributed by atoms with E-state index in [1.54, 1.807) is 30.6 Å². The van der Waals surface area contributed by atoms with E-state index >= 15 is 0 Å². The highest BCUT2D eigenvalue weighted by atomic mass is 15.0. The van der Waals surface area contributed by atoms with Gasteiger partial charge in [-0.3, -0.25) is 19.4 Å². The molecule has 0 aliphatic carbocycles. The predicted octanol–water partition coefficient (Wildman–Crippen LogP) is 15.4. The summed E-state index contributed by atoms with van der Waals surface area (Å²) in [5.74, 6) is 0. The first-order chi connectivity index (χ1) is 37.2. The summed E-state index contributed by atoms with van der Waals surface area (Å²) >= 11 is 0. The Morgan fingerprint density at radius 1 is 0.362 bits per heavy atom. The molecule has 0 unspecified atom stereocenters. The van der Waals surface area contributed by atoms with Crippen LogP contribution < -0.4 is 0 Å². The van der Waals surface area contributed by atoms with Gasteiger partial charge in [0.1, 0.15) is 0 Å². The molecule has 0 fully saturated rings. The van der Waals surface area contributed by atoms with Gasteiger partial charge in [0.15, 0.2) is 0 Å². The lowest BCUT2D eigenvalue weighted by Gasteiger charge is -2.19. The van der Waals surface area contributed by atoms with Crippen molar-refractivity contribution in [3.63, 3.8) is 0 Å². The quantitative estimate of drug-likeness (QED) is 0.115. The first kappa shape index (κ1) is 33.6. The van der Waals surface area contributed by atoms with Gasteiger partial charge in [-0.2, -0.15) is 0 Å². The molecule has 12 rings (SSSR count). The van der Waals surface area contributed by atoms with E-state index in [1.807, 2.05) is 128 Å². The van der Waals surface area contributed by atoms with Gasteiger partial charge in [0.05, 0.1) is 40.5 Å². The maximum atomic E-state index is 9.79. The lowest BCUT2D eigenvalue weighted by molar-refractivity contribution is 0.923. The number of imidazole rings is 1. The first-order valence-electron chi connectivity index (χ1n) is 26.8. The van der Waals surface area contributed by atoms with Crippen molar-refractivity contribution in [2.75, 3.05) is 0 Å². The molecule has 328 valence electrons. The van der Waals surface area contributed by atoms with Gasteiger partial charge in [-0.15, -0.1) is 0 Å². The SMILES string of the molecule is [2H]C([2H])(c1ccc(-c2ccccc2)nc1)C([2H])([2H])c1cc(-c2ccccc2-c2cnc3c4ccccc4c4cncn4c3c2-c2ccc(-c3ccccc3)cc2)cc(C([2H])([2H])C([2H])([2H])c2ccc(-c3ccccc3)nc2)c1. The van der Waals surface area contributed by atoms with E-state index < -0.39 is 25.5 Å². The molecule has 7 aromatic carbocycles. The van der Waals surface area contributed by atoms with Crippen LogP contribution in [0.4, 0.5) is 0 Å². The minimum absolute atomic E-state index is 0.0269. The van der Waals surface area contributed by atoms with E-state index in [1.165, 1.54) is 30.6 Å². The van der Waals surface area contributed by atoms with Crippen molar-refractivity contribution in [3.05, 3.63) is 260 Å². The number of pyridine rings is 4. The molecule has 5 aromatic heterocycles. The maximum Gasteiger partial charge on any atom is 0.0998 e. The molecule has 0 bridgehead atoms. The third kappa shape index (κ3) is 8.36. The van der Waals surface area contributed by atoms with E-state index in [4.69, 9.17) is 4.98 Å². The fourth-order valence-electron chi connectivity index (χ4n) is 9.16. The third-order valence-electron chi connectivity index (χ3n) is 12.5. The summed E-state index contributed by atoms with van der Waals surface area (Å²) in [6.07, 6.45) is -2.98. The van der Waals surface area contributed by atoms with Crippen molar-refractivity contribution in [1.82, 2.24) is 24.3 Å². The van der Waals surface area contributed by atoms with Gasteiger partial charge in [-0.1, -0.05) is 194 Å². The molecule has 0 saturated carbocycles. The van der Waals surface area contributed by atoms with Crippen LogP contribution in [0.15, 0.2) is 237 Å². The zero-order chi connectivity index (χ0) is 53.1. The second kappa shape index (κ2) is 18.5. The standard InChI is InChI=1S/C64H47N5/c1-4-14-48(15-5-1)49-30-32-52(33-31-49)62-58(41-68-63-57-23-13-12-22-56(57)61-42-65-43-69(61)64(62)63)55-21-11-10-20-54(55)53-37-46(26-24-44-28-34-59(66-39-44)50-16-6-2-7-17-50)36-47(38-53)27-25-45-29-35-60(67-40-45)51-18-8-3-9-19-51/h1-23,28-43H,24-27H2/i24D2,25D2,26D2,27D2. The van der Waals surface area contributed by atoms with Gasteiger partial charge in [0.2, 0.25) is 0 Å². The van der Waals surface area contributed by atoms with Gasteiger partial charge >= 0.3 is 0 Å². The molecule has 12 aromatic rings. The fraction of sp³-hybridized carbons (Fsp3) is 0.0625. The molecule has 5 nitrogen and oxygen atoms in total. The van der Waals surface area contributed by atoms with Crippen molar-refractivity contribution in [2.45, 2.75) is 25.5 Å². The van der Waals surface area contributed by atoms with Gasteiger partial charge in [0.25, 0.3) is 0 Å².